The predicted octanol–water partition coefficient (Wildman–Crippen LogP) is 2.66. The zero-order valence-corrected chi connectivity index (χ0v) is 9.83. The molecule has 0 aliphatic rings. The third kappa shape index (κ3) is 6.82. The van der Waals surface area contributed by atoms with Gasteiger partial charge < -0.3 is 0 Å². The fourth-order valence-electron chi connectivity index (χ4n) is 0.724. The zero-order valence-electron chi connectivity index (χ0n) is 9.01. The van der Waals surface area contributed by atoms with Crippen molar-refractivity contribution in [2.24, 2.45) is 5.92 Å². The summed E-state index contributed by atoms with van der Waals surface area (Å²) in [4.78, 5) is 22.5. The van der Waals surface area contributed by atoms with Gasteiger partial charge in [0.05, 0.1) is 6.42 Å². The lowest BCUT2D eigenvalue weighted by molar-refractivity contribution is -0.125. The van der Waals surface area contributed by atoms with E-state index in [1.54, 1.807) is 0 Å². The van der Waals surface area contributed by atoms with E-state index in [4.69, 9.17) is 0 Å². The van der Waals surface area contributed by atoms with Crippen LogP contribution in [0.2, 0.25) is 0 Å². The molecule has 0 saturated heterocycles. The van der Waals surface area contributed by atoms with Gasteiger partial charge in [0.2, 0.25) is 0 Å². The normalized spacial score (nSPS) is 11.8. The zero-order chi connectivity index (χ0) is 10.6. The van der Waals surface area contributed by atoms with E-state index in [-0.39, 0.29) is 28.0 Å². The van der Waals surface area contributed by atoms with Gasteiger partial charge in [-0.1, -0.05) is 46.4 Å². The first-order valence-corrected chi connectivity index (χ1v) is 5.28. The van der Waals surface area contributed by atoms with Crippen LogP contribution in [-0.4, -0.2) is 15.6 Å². The van der Waals surface area contributed by atoms with Gasteiger partial charge in [0.15, 0.2) is 5.12 Å². The molecule has 0 rings (SSSR count). The van der Waals surface area contributed by atoms with Gasteiger partial charge in [0.25, 0.3) is 0 Å². The molecule has 0 amide bonds. The maximum Gasteiger partial charge on any atom is 0.196 e. The van der Waals surface area contributed by atoms with E-state index in [2.05, 4.69) is 0 Å². The highest BCUT2D eigenvalue weighted by atomic mass is 32.2. The molecule has 0 N–H and O–H groups in total. The summed E-state index contributed by atoms with van der Waals surface area (Å²) >= 11 is 1.24. The molecule has 76 valence electrons. The summed E-state index contributed by atoms with van der Waals surface area (Å²) in [5.41, 5.74) is 0. The highest BCUT2D eigenvalue weighted by Crippen LogP contribution is 2.25. The minimum Gasteiger partial charge on any atom is -0.299 e. The van der Waals surface area contributed by atoms with Crippen LogP contribution in [-0.2, 0) is 9.59 Å². The summed E-state index contributed by atoms with van der Waals surface area (Å²) in [6.07, 6.45) is 0.0691. The van der Waals surface area contributed by atoms with Crippen LogP contribution in [0.5, 0.6) is 0 Å². The van der Waals surface area contributed by atoms with Crippen molar-refractivity contribution < 1.29 is 9.59 Å². The summed E-state index contributed by atoms with van der Waals surface area (Å²) in [6, 6.07) is 0. The number of thioether (sulfide) groups is 1. The highest BCUT2D eigenvalue weighted by molar-refractivity contribution is 8.14. The lowest BCUT2D eigenvalue weighted by Crippen LogP contribution is -2.16. The molecule has 0 heterocycles. The summed E-state index contributed by atoms with van der Waals surface area (Å²) < 4.78 is -0.0889. The molecule has 2 nitrogen and oxygen atoms in total. The second-order valence-corrected chi connectivity index (χ2v) is 6.27. The van der Waals surface area contributed by atoms with Crippen molar-refractivity contribution in [2.45, 2.75) is 45.8 Å². The summed E-state index contributed by atoms with van der Waals surface area (Å²) in [5, 5.41) is -0.0220. The Hall–Kier alpha value is -0.310. The number of ketones is 1. The molecule has 0 aromatic rings. The van der Waals surface area contributed by atoms with Gasteiger partial charge in [0, 0.05) is 10.7 Å². The second-order valence-electron chi connectivity index (χ2n) is 4.38. The van der Waals surface area contributed by atoms with E-state index in [1.165, 1.54) is 11.8 Å². The number of rotatable bonds is 3. The maximum atomic E-state index is 11.3. The standard InChI is InChI=1S/C10H18O2S/c1-7(2)8(11)6-9(12)13-10(3,4)5/h7H,6H2,1-5H3. The largest absolute Gasteiger partial charge is 0.299 e. The van der Waals surface area contributed by atoms with Gasteiger partial charge in [-0.25, -0.2) is 0 Å². The molecule has 0 aromatic heterocycles. The van der Waals surface area contributed by atoms with E-state index in [9.17, 15) is 9.59 Å². The molecule has 0 bridgehead atoms. The Morgan fingerprint density at radius 3 is 2.00 bits per heavy atom. The molecule has 0 spiro atoms. The molecule has 0 unspecified atom stereocenters. The monoisotopic (exact) mass is 202 g/mol. The van der Waals surface area contributed by atoms with Crippen molar-refractivity contribution in [3.8, 4) is 0 Å². The Kier molecular flexibility index (Phi) is 4.68. The Bertz CT molecular complexity index is 201. The fraction of sp³-hybridized carbons (Fsp3) is 0.800. The van der Waals surface area contributed by atoms with Crippen molar-refractivity contribution in [1.82, 2.24) is 0 Å². The Labute approximate surface area is 84.5 Å². The third-order valence-electron chi connectivity index (χ3n) is 1.38. The quantitative estimate of drug-likeness (QED) is 0.660. The average Bonchev–Trinajstić information content (AvgIpc) is 1.81. The van der Waals surface area contributed by atoms with Crippen molar-refractivity contribution in [1.29, 1.82) is 0 Å². The van der Waals surface area contributed by atoms with Gasteiger partial charge in [-0.3, -0.25) is 9.59 Å². The minimum atomic E-state index is -0.0889. The van der Waals surface area contributed by atoms with Crippen molar-refractivity contribution >= 4 is 22.7 Å². The first-order valence-electron chi connectivity index (χ1n) is 4.47. The van der Waals surface area contributed by atoms with Crippen LogP contribution in [0.4, 0.5) is 0 Å². The predicted molar refractivity (Wildman–Crippen MR) is 56.8 cm³/mol. The topological polar surface area (TPSA) is 34.1 Å². The van der Waals surface area contributed by atoms with Gasteiger partial charge in [0.1, 0.15) is 5.78 Å². The second kappa shape index (κ2) is 4.80. The van der Waals surface area contributed by atoms with Crippen LogP contribution in [0.3, 0.4) is 0 Å². The minimum absolute atomic E-state index is 0.0220. The number of Topliss-reactive ketones (excluding diaryl/α,β-unsaturated/α-hetero) is 1. The average molecular weight is 202 g/mol. The molecule has 3 heteroatoms. The fourth-order valence-corrected chi connectivity index (χ4v) is 1.62. The van der Waals surface area contributed by atoms with E-state index < -0.39 is 0 Å². The molecular weight excluding hydrogens is 184 g/mol. The molecule has 13 heavy (non-hydrogen) atoms. The number of carbonyl (C=O) groups is 2. The van der Waals surface area contributed by atoms with Crippen LogP contribution in [0.25, 0.3) is 0 Å². The Balaban J connectivity index is 3.96. The Morgan fingerprint density at radius 1 is 1.23 bits per heavy atom. The molecule has 0 aliphatic heterocycles. The molecule has 0 aromatic carbocycles. The van der Waals surface area contributed by atoms with Crippen LogP contribution in [0.1, 0.15) is 41.0 Å². The summed E-state index contributed by atoms with van der Waals surface area (Å²) in [6.45, 7) is 9.54. The van der Waals surface area contributed by atoms with Crippen molar-refractivity contribution in [3.63, 3.8) is 0 Å². The van der Waals surface area contributed by atoms with Crippen LogP contribution in [0, 0.1) is 5.92 Å². The molecule has 0 fully saturated rings. The first-order chi connectivity index (χ1) is 5.72. The maximum absolute atomic E-state index is 11.3. The van der Waals surface area contributed by atoms with Crippen LogP contribution < -0.4 is 0 Å². The van der Waals surface area contributed by atoms with Gasteiger partial charge >= 0.3 is 0 Å². The van der Waals surface area contributed by atoms with Crippen molar-refractivity contribution in [3.05, 3.63) is 0 Å². The van der Waals surface area contributed by atoms with Gasteiger partial charge in [-0.2, -0.15) is 0 Å². The molecule has 0 aliphatic carbocycles. The summed E-state index contributed by atoms with van der Waals surface area (Å²) in [5.74, 6) is -0.00808. The number of hydrogen-bond donors (Lipinski definition) is 0. The highest BCUT2D eigenvalue weighted by Gasteiger charge is 2.20. The van der Waals surface area contributed by atoms with Gasteiger partial charge in [-0.15, -0.1) is 0 Å². The van der Waals surface area contributed by atoms with Crippen molar-refractivity contribution in [2.75, 3.05) is 0 Å². The first kappa shape index (κ1) is 12.7. The lowest BCUT2D eigenvalue weighted by Gasteiger charge is -2.15. The van der Waals surface area contributed by atoms with E-state index in [0.29, 0.717) is 0 Å². The number of carbonyl (C=O) groups excluding carboxylic acids is 2. The number of hydrogen-bond acceptors (Lipinski definition) is 3. The lowest BCUT2D eigenvalue weighted by atomic mass is 10.1. The molecule has 0 radical (unpaired) electrons. The molecular formula is C10H18O2S. The third-order valence-corrected chi connectivity index (χ3v) is 2.37. The van der Waals surface area contributed by atoms with E-state index >= 15 is 0 Å². The van der Waals surface area contributed by atoms with Gasteiger partial charge in [-0.05, 0) is 0 Å². The molecule has 0 atom stereocenters. The van der Waals surface area contributed by atoms with E-state index in [0.717, 1.165) is 0 Å². The Morgan fingerprint density at radius 2 is 1.69 bits per heavy atom. The smallest absolute Gasteiger partial charge is 0.196 e. The summed E-state index contributed by atoms with van der Waals surface area (Å²) in [7, 11) is 0. The van der Waals surface area contributed by atoms with Crippen LogP contribution >= 0.6 is 11.8 Å². The molecule has 0 saturated carbocycles. The van der Waals surface area contributed by atoms with E-state index in [1.807, 2.05) is 34.6 Å². The SMILES string of the molecule is CC(C)C(=O)CC(=O)SC(C)(C)C. The van der Waals surface area contributed by atoms with Crippen LogP contribution in [0.15, 0.2) is 0 Å².